The molecule has 0 aliphatic rings. The maximum atomic E-state index is 11.3. The number of nitrogen functional groups attached to an aromatic ring is 1. The third kappa shape index (κ3) is 1.98. The van der Waals surface area contributed by atoms with Crippen molar-refractivity contribution < 1.29 is 9.53 Å². The first kappa shape index (κ1) is 10.8. The average Bonchev–Trinajstić information content (AvgIpc) is 2.48. The normalized spacial score (nSPS) is 12.5. The quantitative estimate of drug-likeness (QED) is 0.774. The first-order chi connectivity index (χ1) is 6.60. The number of hydrogen-bond acceptors (Lipinski definition) is 4. The molecule has 0 aliphatic carbocycles. The van der Waals surface area contributed by atoms with Crippen molar-refractivity contribution >= 4 is 23.4 Å². The van der Waals surface area contributed by atoms with E-state index in [9.17, 15) is 4.79 Å². The van der Waals surface area contributed by atoms with Crippen LogP contribution in [0.4, 0.5) is 5.82 Å². The summed E-state index contributed by atoms with van der Waals surface area (Å²) in [5, 5.41) is 4.25. The largest absolute Gasteiger partial charge is 0.467 e. The van der Waals surface area contributed by atoms with Crippen LogP contribution in [0.1, 0.15) is 19.4 Å². The molecule has 14 heavy (non-hydrogen) atoms. The van der Waals surface area contributed by atoms with Crippen LogP contribution in [0, 0.1) is 0 Å². The second-order valence-electron chi connectivity index (χ2n) is 2.79. The van der Waals surface area contributed by atoms with Crippen LogP contribution in [0.2, 0.25) is 5.02 Å². The monoisotopic (exact) mass is 217 g/mol. The summed E-state index contributed by atoms with van der Waals surface area (Å²) in [5.41, 5.74) is 5.46. The molecule has 0 radical (unpaired) electrons. The van der Waals surface area contributed by atoms with Crippen LogP contribution < -0.4 is 5.73 Å². The molecule has 0 saturated heterocycles. The predicted octanol–water partition coefficient (Wildman–Crippen LogP) is 1.24. The lowest BCUT2D eigenvalue weighted by Crippen LogP contribution is -2.20. The molecule has 1 aromatic heterocycles. The number of rotatable bonds is 3. The summed E-state index contributed by atoms with van der Waals surface area (Å²) in [6, 6.07) is -0.463. The van der Waals surface area contributed by atoms with Gasteiger partial charge in [0.2, 0.25) is 0 Å². The Morgan fingerprint density at radius 3 is 2.86 bits per heavy atom. The highest BCUT2D eigenvalue weighted by molar-refractivity contribution is 6.32. The van der Waals surface area contributed by atoms with Gasteiger partial charge in [0.05, 0.1) is 7.11 Å². The number of carbonyl (C=O) groups is 1. The number of esters is 1. The third-order valence-corrected chi connectivity index (χ3v) is 2.18. The summed E-state index contributed by atoms with van der Waals surface area (Å²) in [6.07, 6.45) is 2.09. The molecule has 1 rings (SSSR count). The molecule has 1 aromatic rings. The van der Waals surface area contributed by atoms with Crippen LogP contribution in [0.25, 0.3) is 0 Å². The second kappa shape index (κ2) is 4.32. The molecule has 1 atom stereocenters. The van der Waals surface area contributed by atoms with E-state index in [0.717, 1.165) is 0 Å². The minimum atomic E-state index is -0.463. The highest BCUT2D eigenvalue weighted by Gasteiger charge is 2.20. The third-order valence-electron chi connectivity index (χ3n) is 1.89. The van der Waals surface area contributed by atoms with Gasteiger partial charge in [0, 0.05) is 6.20 Å². The number of nitrogens with zero attached hydrogens (tertiary/aromatic N) is 2. The maximum Gasteiger partial charge on any atom is 0.330 e. The zero-order valence-electron chi connectivity index (χ0n) is 8.03. The van der Waals surface area contributed by atoms with Gasteiger partial charge in [-0.15, -0.1) is 0 Å². The van der Waals surface area contributed by atoms with Gasteiger partial charge in [-0.1, -0.05) is 18.5 Å². The Labute approximate surface area is 86.8 Å². The topological polar surface area (TPSA) is 70.1 Å². The number of aromatic nitrogens is 2. The molecule has 0 amide bonds. The summed E-state index contributed by atoms with van der Waals surface area (Å²) in [4.78, 5) is 11.3. The smallest absolute Gasteiger partial charge is 0.330 e. The van der Waals surface area contributed by atoms with E-state index in [1.54, 1.807) is 0 Å². The lowest BCUT2D eigenvalue weighted by atomic mass is 10.2. The molecule has 0 aliphatic heterocycles. The van der Waals surface area contributed by atoms with Gasteiger partial charge in [-0.25, -0.2) is 4.79 Å². The van der Waals surface area contributed by atoms with E-state index in [2.05, 4.69) is 9.84 Å². The molecule has 5 nitrogen and oxygen atoms in total. The Hall–Kier alpha value is -1.23. The van der Waals surface area contributed by atoms with E-state index in [1.165, 1.54) is 18.0 Å². The van der Waals surface area contributed by atoms with Crippen LogP contribution in [-0.4, -0.2) is 22.9 Å². The van der Waals surface area contributed by atoms with Crippen molar-refractivity contribution in [3.8, 4) is 0 Å². The zero-order valence-corrected chi connectivity index (χ0v) is 8.78. The fourth-order valence-electron chi connectivity index (χ4n) is 1.14. The van der Waals surface area contributed by atoms with Crippen LogP contribution >= 0.6 is 11.6 Å². The zero-order chi connectivity index (χ0) is 10.7. The lowest BCUT2D eigenvalue weighted by Gasteiger charge is -2.11. The van der Waals surface area contributed by atoms with Gasteiger partial charge >= 0.3 is 5.97 Å². The molecule has 1 heterocycles. The molecule has 1 unspecified atom stereocenters. The molecule has 0 aromatic carbocycles. The van der Waals surface area contributed by atoms with Gasteiger partial charge in [0.15, 0.2) is 5.82 Å². The number of hydrogen-bond donors (Lipinski definition) is 1. The van der Waals surface area contributed by atoms with Crippen molar-refractivity contribution in [1.82, 2.24) is 9.78 Å². The van der Waals surface area contributed by atoms with Gasteiger partial charge in [-0.3, -0.25) is 4.68 Å². The summed E-state index contributed by atoms with van der Waals surface area (Å²) in [5.74, 6) is -0.138. The van der Waals surface area contributed by atoms with Crippen LogP contribution in [0.5, 0.6) is 0 Å². The van der Waals surface area contributed by atoms with Crippen LogP contribution in [0.15, 0.2) is 6.20 Å². The number of nitrogens with two attached hydrogens (primary N) is 1. The van der Waals surface area contributed by atoms with Crippen molar-refractivity contribution in [2.45, 2.75) is 19.4 Å². The van der Waals surface area contributed by atoms with Crippen molar-refractivity contribution in [2.24, 2.45) is 0 Å². The highest BCUT2D eigenvalue weighted by Crippen LogP contribution is 2.20. The Kier molecular flexibility index (Phi) is 3.35. The minimum Gasteiger partial charge on any atom is -0.467 e. The maximum absolute atomic E-state index is 11.3. The highest BCUT2D eigenvalue weighted by atomic mass is 35.5. The SMILES string of the molecule is CCC(C(=O)OC)n1cc(Cl)c(N)n1. The van der Waals surface area contributed by atoms with Gasteiger partial charge < -0.3 is 10.5 Å². The average molecular weight is 218 g/mol. The van der Waals surface area contributed by atoms with E-state index in [4.69, 9.17) is 17.3 Å². The Morgan fingerprint density at radius 2 is 2.50 bits per heavy atom. The van der Waals surface area contributed by atoms with Crippen LogP contribution in [0.3, 0.4) is 0 Å². The fourth-order valence-corrected chi connectivity index (χ4v) is 1.28. The number of methoxy groups -OCH3 is 1. The van der Waals surface area contributed by atoms with Gasteiger partial charge in [0.1, 0.15) is 11.1 Å². The Bertz CT molecular complexity index is 318. The molecule has 0 spiro atoms. The van der Waals surface area contributed by atoms with Gasteiger partial charge in [-0.2, -0.15) is 5.10 Å². The fraction of sp³-hybridized carbons (Fsp3) is 0.500. The summed E-state index contributed by atoms with van der Waals surface area (Å²) in [6.45, 7) is 1.85. The molecule has 0 bridgehead atoms. The summed E-state index contributed by atoms with van der Waals surface area (Å²) < 4.78 is 6.04. The molecule has 78 valence electrons. The summed E-state index contributed by atoms with van der Waals surface area (Å²) in [7, 11) is 1.33. The minimum absolute atomic E-state index is 0.217. The van der Waals surface area contributed by atoms with Crippen molar-refractivity contribution in [3.63, 3.8) is 0 Å². The van der Waals surface area contributed by atoms with Gasteiger partial charge in [-0.05, 0) is 6.42 Å². The number of carbonyl (C=O) groups excluding carboxylic acids is 1. The second-order valence-corrected chi connectivity index (χ2v) is 3.20. The van der Waals surface area contributed by atoms with Crippen LogP contribution in [-0.2, 0) is 9.53 Å². The number of anilines is 1. The van der Waals surface area contributed by atoms with Crippen molar-refractivity contribution in [3.05, 3.63) is 11.2 Å². The van der Waals surface area contributed by atoms with Crippen molar-refractivity contribution in [1.29, 1.82) is 0 Å². The first-order valence-electron chi connectivity index (χ1n) is 4.18. The van der Waals surface area contributed by atoms with Crippen molar-refractivity contribution in [2.75, 3.05) is 12.8 Å². The molecule has 0 saturated carbocycles. The standard InChI is InChI=1S/C8H12ClN3O2/c1-3-6(8(13)14-2)12-4-5(9)7(10)11-12/h4,6H,3H2,1-2H3,(H2,10,11). The predicted molar refractivity (Wildman–Crippen MR) is 53.0 cm³/mol. The molecular weight excluding hydrogens is 206 g/mol. The molecule has 2 N–H and O–H groups in total. The molecule has 0 fully saturated rings. The van der Waals surface area contributed by atoms with E-state index in [-0.39, 0.29) is 11.8 Å². The van der Waals surface area contributed by atoms with E-state index >= 15 is 0 Å². The van der Waals surface area contributed by atoms with Gasteiger partial charge in [0.25, 0.3) is 0 Å². The van der Waals surface area contributed by atoms with E-state index in [1.807, 2.05) is 6.92 Å². The number of halogens is 1. The van der Waals surface area contributed by atoms with E-state index in [0.29, 0.717) is 11.4 Å². The lowest BCUT2D eigenvalue weighted by molar-refractivity contribution is -0.145. The first-order valence-corrected chi connectivity index (χ1v) is 4.55. The Balaban J connectivity index is 2.95. The number of ether oxygens (including phenoxy) is 1. The Morgan fingerprint density at radius 1 is 1.86 bits per heavy atom. The molecule has 6 heteroatoms. The van der Waals surface area contributed by atoms with E-state index < -0.39 is 6.04 Å². The summed E-state index contributed by atoms with van der Waals surface area (Å²) >= 11 is 5.72. The molecular formula is C8H12ClN3O2.